The Hall–Kier alpha value is -1.52. The summed E-state index contributed by atoms with van der Waals surface area (Å²) in [5.74, 6) is -2.44. The molecule has 32 heavy (non-hydrogen) atoms. The Morgan fingerprint density at radius 2 is 1.47 bits per heavy atom. The van der Waals surface area contributed by atoms with Crippen LogP contribution in [0.4, 0.5) is 0 Å². The molecule has 12 heteroatoms. The molecular formula is C20H38NO10P. The molecule has 0 saturated carbocycles. The van der Waals surface area contributed by atoms with Gasteiger partial charge < -0.3 is 25.2 Å². The van der Waals surface area contributed by atoms with Crippen LogP contribution >= 0.6 is 7.82 Å². The monoisotopic (exact) mass is 483 g/mol. The number of ether oxygens (including phenoxy) is 1. The maximum atomic E-state index is 11.9. The zero-order chi connectivity index (χ0) is 24.4. The number of phosphoric acid groups is 1. The number of carboxylic acids is 1. The van der Waals surface area contributed by atoms with Crippen molar-refractivity contribution in [2.75, 3.05) is 19.8 Å². The van der Waals surface area contributed by atoms with Gasteiger partial charge in [0.1, 0.15) is 12.7 Å². The third-order valence-corrected chi connectivity index (χ3v) is 5.35. The van der Waals surface area contributed by atoms with Gasteiger partial charge >= 0.3 is 19.8 Å². The number of carbonyl (C=O) groups is 3. The van der Waals surface area contributed by atoms with Gasteiger partial charge in [-0.05, 0) is 12.8 Å². The number of aliphatic hydroxyl groups is 1. The van der Waals surface area contributed by atoms with Gasteiger partial charge in [-0.25, -0.2) is 9.36 Å². The van der Waals surface area contributed by atoms with Crippen molar-refractivity contribution < 1.29 is 47.8 Å². The van der Waals surface area contributed by atoms with Crippen LogP contribution in [0.2, 0.25) is 0 Å². The summed E-state index contributed by atoms with van der Waals surface area (Å²) in [6.07, 6.45) is 6.40. The van der Waals surface area contributed by atoms with E-state index in [1.165, 1.54) is 6.42 Å². The largest absolute Gasteiger partial charge is 0.480 e. The number of unbranched alkanes of at least 4 members (excludes halogenated alkanes) is 6. The van der Waals surface area contributed by atoms with E-state index in [2.05, 4.69) is 21.3 Å². The molecule has 0 heterocycles. The quantitative estimate of drug-likeness (QED) is 0.115. The predicted molar refractivity (Wildman–Crippen MR) is 116 cm³/mol. The summed E-state index contributed by atoms with van der Waals surface area (Å²) in [5.41, 5.74) is 0. The zero-order valence-electron chi connectivity index (χ0n) is 19.0. The van der Waals surface area contributed by atoms with Crippen LogP contribution in [0.5, 0.6) is 0 Å². The minimum atomic E-state index is -4.70. The maximum Gasteiger partial charge on any atom is 0.472 e. The second-order valence-electron chi connectivity index (χ2n) is 7.48. The first kappa shape index (κ1) is 30.5. The highest BCUT2D eigenvalue weighted by Crippen LogP contribution is 2.43. The van der Waals surface area contributed by atoms with Crippen LogP contribution < -0.4 is 5.32 Å². The van der Waals surface area contributed by atoms with Crippen molar-refractivity contribution in [1.82, 2.24) is 5.32 Å². The van der Waals surface area contributed by atoms with Crippen molar-refractivity contribution in [3.05, 3.63) is 0 Å². The Balaban J connectivity index is 4.16. The highest BCUT2D eigenvalue weighted by molar-refractivity contribution is 7.47. The molecule has 0 bridgehead atoms. The summed E-state index contributed by atoms with van der Waals surface area (Å²) in [6.45, 7) is 2.11. The van der Waals surface area contributed by atoms with Crippen LogP contribution in [-0.4, -0.2) is 64.9 Å². The normalized spacial score (nSPS) is 14.9. The Labute approximate surface area is 189 Å². The Morgan fingerprint density at radius 3 is 2.09 bits per heavy atom. The Morgan fingerprint density at radius 1 is 0.875 bits per heavy atom. The van der Waals surface area contributed by atoms with Gasteiger partial charge in [-0.15, -0.1) is 0 Å². The number of hydrogen-bond acceptors (Lipinski definition) is 8. The lowest BCUT2D eigenvalue weighted by Gasteiger charge is -2.18. The molecule has 0 radical (unpaired) electrons. The average Bonchev–Trinajstić information content (AvgIpc) is 2.74. The summed E-state index contributed by atoms with van der Waals surface area (Å²) in [4.78, 5) is 44.1. The zero-order valence-corrected chi connectivity index (χ0v) is 19.9. The number of rotatable bonds is 20. The van der Waals surface area contributed by atoms with Crippen LogP contribution in [0, 0.1) is 0 Å². The number of phosphoric ester groups is 1. The number of hydrogen-bond donors (Lipinski definition) is 4. The summed E-state index contributed by atoms with van der Waals surface area (Å²) >= 11 is 0. The number of esters is 1. The average molecular weight is 483 g/mol. The second kappa shape index (κ2) is 18.0. The summed E-state index contributed by atoms with van der Waals surface area (Å²) < 4.78 is 26.0. The Bertz CT molecular complexity index is 601. The lowest BCUT2D eigenvalue weighted by Crippen LogP contribution is -2.43. The summed E-state index contributed by atoms with van der Waals surface area (Å²) in [5, 5.41) is 21.1. The molecule has 0 rings (SSSR count). The molecule has 3 atom stereocenters. The predicted octanol–water partition coefficient (Wildman–Crippen LogP) is 2.53. The van der Waals surface area contributed by atoms with Gasteiger partial charge in [-0.1, -0.05) is 52.4 Å². The highest BCUT2D eigenvalue weighted by Gasteiger charge is 2.28. The van der Waals surface area contributed by atoms with E-state index in [4.69, 9.17) is 9.84 Å². The lowest BCUT2D eigenvalue weighted by molar-refractivity contribution is -0.147. The SMILES string of the molecule is CCCCCCCCC(=O)OCC(O)COP(=O)(O)OCC(NC(=O)CCCC)C(=O)O. The molecule has 188 valence electrons. The molecule has 1 amide bonds. The van der Waals surface area contributed by atoms with Crippen molar-refractivity contribution in [1.29, 1.82) is 0 Å². The van der Waals surface area contributed by atoms with Crippen LogP contribution in [0.15, 0.2) is 0 Å². The molecule has 0 saturated heterocycles. The third-order valence-electron chi connectivity index (χ3n) is 4.40. The van der Waals surface area contributed by atoms with E-state index >= 15 is 0 Å². The molecule has 0 aromatic rings. The van der Waals surface area contributed by atoms with Crippen molar-refractivity contribution in [2.24, 2.45) is 0 Å². The number of aliphatic carboxylic acids is 1. The maximum absolute atomic E-state index is 11.9. The molecule has 4 N–H and O–H groups in total. The second-order valence-corrected chi connectivity index (χ2v) is 8.93. The van der Waals surface area contributed by atoms with Crippen molar-refractivity contribution >= 4 is 25.7 Å². The first-order chi connectivity index (χ1) is 15.1. The van der Waals surface area contributed by atoms with E-state index in [9.17, 15) is 28.9 Å². The number of nitrogens with one attached hydrogen (secondary N) is 1. The van der Waals surface area contributed by atoms with E-state index in [0.29, 0.717) is 12.8 Å². The van der Waals surface area contributed by atoms with Gasteiger partial charge in [0.25, 0.3) is 0 Å². The van der Waals surface area contributed by atoms with Crippen LogP contribution in [0.25, 0.3) is 0 Å². The number of aliphatic hydroxyl groups excluding tert-OH is 1. The van der Waals surface area contributed by atoms with Crippen LogP contribution in [0.3, 0.4) is 0 Å². The number of carbonyl (C=O) groups excluding carboxylic acids is 2. The molecule has 0 aliphatic rings. The van der Waals surface area contributed by atoms with Gasteiger partial charge in [-0.3, -0.25) is 18.6 Å². The topological polar surface area (TPSA) is 169 Å². The summed E-state index contributed by atoms with van der Waals surface area (Å²) in [6, 6.07) is -1.53. The third kappa shape index (κ3) is 17.1. The van der Waals surface area contributed by atoms with Crippen molar-refractivity contribution in [3.8, 4) is 0 Å². The first-order valence-electron chi connectivity index (χ1n) is 11.1. The minimum Gasteiger partial charge on any atom is -0.480 e. The first-order valence-corrected chi connectivity index (χ1v) is 12.6. The lowest BCUT2D eigenvalue weighted by atomic mass is 10.1. The van der Waals surface area contributed by atoms with Crippen LogP contribution in [0.1, 0.15) is 78.1 Å². The van der Waals surface area contributed by atoms with Gasteiger partial charge in [-0.2, -0.15) is 0 Å². The molecule has 0 fully saturated rings. The van der Waals surface area contributed by atoms with E-state index in [1.54, 1.807) is 0 Å². The fourth-order valence-corrected chi connectivity index (χ4v) is 3.30. The smallest absolute Gasteiger partial charge is 0.472 e. The van der Waals surface area contributed by atoms with E-state index < -0.39 is 57.6 Å². The number of carboxylic acid groups (broad SMARTS) is 1. The fraction of sp³-hybridized carbons (Fsp3) is 0.850. The molecule has 0 aromatic carbocycles. The molecule has 0 aliphatic carbocycles. The van der Waals surface area contributed by atoms with Crippen molar-refractivity contribution in [2.45, 2.75) is 90.2 Å². The van der Waals surface area contributed by atoms with Crippen molar-refractivity contribution in [3.63, 3.8) is 0 Å². The van der Waals surface area contributed by atoms with E-state index in [0.717, 1.165) is 32.1 Å². The molecule has 0 aliphatic heterocycles. The van der Waals surface area contributed by atoms with E-state index in [1.807, 2.05) is 6.92 Å². The standard InChI is InChI=1S/C20H38NO10P/c1-3-5-7-8-9-10-12-19(24)29-13-16(22)14-30-32(27,28)31-15-17(20(25)26)21-18(23)11-6-4-2/h16-17,22H,3-15H2,1-2H3,(H,21,23)(H,25,26)(H,27,28). The molecule has 0 aromatic heterocycles. The Kier molecular flexibility index (Phi) is 17.1. The highest BCUT2D eigenvalue weighted by atomic mass is 31.2. The molecule has 11 nitrogen and oxygen atoms in total. The van der Waals surface area contributed by atoms with Gasteiger partial charge in [0.05, 0.1) is 13.2 Å². The summed E-state index contributed by atoms with van der Waals surface area (Å²) in [7, 11) is -4.70. The minimum absolute atomic E-state index is 0.122. The van der Waals surface area contributed by atoms with Gasteiger partial charge in [0, 0.05) is 12.8 Å². The fourth-order valence-electron chi connectivity index (χ4n) is 2.52. The van der Waals surface area contributed by atoms with Crippen LogP contribution in [-0.2, 0) is 32.7 Å². The number of amides is 1. The molecule has 0 spiro atoms. The van der Waals surface area contributed by atoms with Gasteiger partial charge in [0.2, 0.25) is 5.91 Å². The molecular weight excluding hydrogens is 445 g/mol. The van der Waals surface area contributed by atoms with Gasteiger partial charge in [0.15, 0.2) is 6.04 Å². The molecule has 3 unspecified atom stereocenters. The van der Waals surface area contributed by atoms with E-state index in [-0.39, 0.29) is 12.8 Å².